The monoisotopic (exact) mass is 372 g/mol. The van der Waals surface area contributed by atoms with Crippen LogP contribution in [0.2, 0.25) is 0 Å². The molecular formula is C18H20N4O3S. The summed E-state index contributed by atoms with van der Waals surface area (Å²) < 4.78 is 6.40. The zero-order valence-electron chi connectivity index (χ0n) is 14.8. The number of nitrogens with zero attached hydrogens (tertiary/aromatic N) is 3. The first-order valence-corrected chi connectivity index (χ1v) is 9.18. The van der Waals surface area contributed by atoms with Crippen LogP contribution >= 0.6 is 11.3 Å². The van der Waals surface area contributed by atoms with Crippen LogP contribution in [0.25, 0.3) is 10.6 Å². The van der Waals surface area contributed by atoms with Gasteiger partial charge < -0.3 is 9.84 Å². The first-order chi connectivity index (χ1) is 12.4. The van der Waals surface area contributed by atoms with Crippen molar-refractivity contribution < 1.29 is 9.32 Å². The van der Waals surface area contributed by atoms with Gasteiger partial charge in [-0.25, -0.2) is 4.68 Å². The standard InChI is InChI=1S/C18H20N4O3S/c1-11(2)14(19-18(24)15-9-12(3)21-25-15)10-22-17(23)7-6-13(20-22)16-5-4-8-26-16/h4-9,11,14H,10H2,1-3H3,(H,19,24)/t14-/m1/s1. The Morgan fingerprint density at radius 1 is 1.35 bits per heavy atom. The van der Waals surface area contributed by atoms with Crippen LogP contribution in [-0.2, 0) is 6.54 Å². The van der Waals surface area contributed by atoms with Crippen molar-refractivity contribution in [1.29, 1.82) is 0 Å². The Labute approximate surface area is 154 Å². The summed E-state index contributed by atoms with van der Waals surface area (Å²) >= 11 is 1.56. The zero-order chi connectivity index (χ0) is 18.7. The van der Waals surface area contributed by atoms with E-state index in [2.05, 4.69) is 15.6 Å². The highest BCUT2D eigenvalue weighted by atomic mass is 32.1. The van der Waals surface area contributed by atoms with Gasteiger partial charge in [-0.2, -0.15) is 5.10 Å². The van der Waals surface area contributed by atoms with Gasteiger partial charge >= 0.3 is 0 Å². The molecule has 0 radical (unpaired) electrons. The fourth-order valence-corrected chi connectivity index (χ4v) is 3.15. The number of amides is 1. The summed E-state index contributed by atoms with van der Waals surface area (Å²) in [7, 11) is 0. The van der Waals surface area contributed by atoms with Crippen LogP contribution in [0.1, 0.15) is 30.1 Å². The van der Waals surface area contributed by atoms with E-state index < -0.39 is 0 Å². The van der Waals surface area contributed by atoms with Crippen LogP contribution in [-0.4, -0.2) is 26.9 Å². The molecule has 0 bridgehead atoms. The predicted molar refractivity (Wildman–Crippen MR) is 99.1 cm³/mol. The predicted octanol–water partition coefficient (Wildman–Crippen LogP) is 2.72. The molecule has 1 N–H and O–H groups in total. The molecule has 0 aliphatic rings. The lowest BCUT2D eigenvalue weighted by Crippen LogP contribution is -2.43. The summed E-state index contributed by atoms with van der Waals surface area (Å²) in [6.07, 6.45) is 0. The van der Waals surface area contributed by atoms with E-state index in [1.165, 1.54) is 10.7 Å². The SMILES string of the molecule is Cc1cc(C(=O)N[C@H](Cn2nc(-c3cccs3)ccc2=O)C(C)C)on1. The van der Waals surface area contributed by atoms with Crippen molar-refractivity contribution in [2.75, 3.05) is 0 Å². The van der Waals surface area contributed by atoms with E-state index in [9.17, 15) is 9.59 Å². The molecule has 8 heteroatoms. The van der Waals surface area contributed by atoms with Gasteiger partial charge in [0.1, 0.15) is 5.69 Å². The van der Waals surface area contributed by atoms with Crippen molar-refractivity contribution >= 4 is 17.2 Å². The van der Waals surface area contributed by atoms with Crippen LogP contribution in [0, 0.1) is 12.8 Å². The summed E-state index contributed by atoms with van der Waals surface area (Å²) in [5.41, 5.74) is 1.16. The highest BCUT2D eigenvalue weighted by Gasteiger charge is 2.21. The number of hydrogen-bond acceptors (Lipinski definition) is 6. The van der Waals surface area contributed by atoms with E-state index in [-0.39, 0.29) is 35.7 Å². The number of carbonyl (C=O) groups excluding carboxylic acids is 1. The van der Waals surface area contributed by atoms with Gasteiger partial charge in [-0.1, -0.05) is 25.1 Å². The van der Waals surface area contributed by atoms with Gasteiger partial charge in [-0.05, 0) is 30.4 Å². The van der Waals surface area contributed by atoms with Crippen LogP contribution in [0.3, 0.4) is 0 Å². The number of hydrogen-bond donors (Lipinski definition) is 1. The van der Waals surface area contributed by atoms with E-state index >= 15 is 0 Å². The Kier molecular flexibility index (Phi) is 5.32. The molecule has 7 nitrogen and oxygen atoms in total. The van der Waals surface area contributed by atoms with Crippen LogP contribution < -0.4 is 10.9 Å². The molecule has 3 aromatic heterocycles. The van der Waals surface area contributed by atoms with Gasteiger partial charge in [0.2, 0.25) is 5.76 Å². The van der Waals surface area contributed by atoms with Gasteiger partial charge in [0.15, 0.2) is 0 Å². The Balaban J connectivity index is 1.81. The molecule has 3 rings (SSSR count). The van der Waals surface area contributed by atoms with E-state index in [1.54, 1.807) is 30.4 Å². The van der Waals surface area contributed by atoms with Gasteiger partial charge in [-0.3, -0.25) is 9.59 Å². The van der Waals surface area contributed by atoms with Crippen molar-refractivity contribution in [3.8, 4) is 10.6 Å². The van der Waals surface area contributed by atoms with Gasteiger partial charge in [0.05, 0.1) is 23.2 Å². The smallest absolute Gasteiger partial charge is 0.290 e. The molecular weight excluding hydrogens is 352 g/mol. The highest BCUT2D eigenvalue weighted by molar-refractivity contribution is 7.13. The molecule has 0 aromatic carbocycles. The number of nitrogens with one attached hydrogen (secondary N) is 1. The molecule has 26 heavy (non-hydrogen) atoms. The van der Waals surface area contributed by atoms with E-state index in [0.29, 0.717) is 5.69 Å². The minimum atomic E-state index is -0.355. The fraction of sp³-hybridized carbons (Fsp3) is 0.333. The molecule has 0 saturated heterocycles. The average Bonchev–Trinajstić information content (AvgIpc) is 3.27. The Bertz CT molecular complexity index is 944. The fourth-order valence-electron chi connectivity index (χ4n) is 2.45. The molecule has 1 amide bonds. The third-order valence-electron chi connectivity index (χ3n) is 3.98. The van der Waals surface area contributed by atoms with E-state index in [0.717, 1.165) is 10.6 Å². The maximum absolute atomic E-state index is 12.4. The second-order valence-corrected chi connectivity index (χ2v) is 7.32. The molecule has 3 heterocycles. The first kappa shape index (κ1) is 18.1. The quantitative estimate of drug-likeness (QED) is 0.718. The summed E-state index contributed by atoms with van der Waals surface area (Å²) in [6, 6.07) is 8.40. The molecule has 1 atom stereocenters. The van der Waals surface area contributed by atoms with Crippen molar-refractivity contribution in [1.82, 2.24) is 20.3 Å². The lowest BCUT2D eigenvalue weighted by atomic mass is 10.0. The second kappa shape index (κ2) is 7.65. The minimum absolute atomic E-state index is 0.0991. The molecule has 0 fully saturated rings. The largest absolute Gasteiger partial charge is 0.351 e. The summed E-state index contributed by atoms with van der Waals surface area (Å²) in [5.74, 6) is -0.102. The Morgan fingerprint density at radius 2 is 2.15 bits per heavy atom. The molecule has 3 aromatic rings. The van der Waals surface area contributed by atoms with Crippen LogP contribution in [0.4, 0.5) is 0 Å². The van der Waals surface area contributed by atoms with Gasteiger partial charge in [0, 0.05) is 12.1 Å². The summed E-state index contributed by atoms with van der Waals surface area (Å²) in [5, 5.41) is 13.0. The molecule has 136 valence electrons. The number of rotatable bonds is 6. The van der Waals surface area contributed by atoms with Gasteiger partial charge in [-0.15, -0.1) is 11.3 Å². The summed E-state index contributed by atoms with van der Waals surface area (Å²) in [6.45, 7) is 5.98. The van der Waals surface area contributed by atoms with Crippen molar-refractivity contribution in [3.05, 3.63) is 57.5 Å². The first-order valence-electron chi connectivity index (χ1n) is 8.30. The third kappa shape index (κ3) is 4.08. The van der Waals surface area contributed by atoms with Crippen LogP contribution in [0.5, 0.6) is 0 Å². The molecule has 0 unspecified atom stereocenters. The molecule has 0 spiro atoms. The topological polar surface area (TPSA) is 90.0 Å². The van der Waals surface area contributed by atoms with Crippen LogP contribution in [0.15, 0.2) is 45.0 Å². The maximum atomic E-state index is 12.4. The number of aromatic nitrogens is 3. The molecule has 0 saturated carbocycles. The van der Waals surface area contributed by atoms with Crippen molar-refractivity contribution in [2.24, 2.45) is 5.92 Å². The van der Waals surface area contributed by atoms with E-state index in [1.807, 2.05) is 31.4 Å². The number of carbonyl (C=O) groups is 1. The van der Waals surface area contributed by atoms with Crippen molar-refractivity contribution in [2.45, 2.75) is 33.4 Å². The molecule has 0 aliphatic heterocycles. The Morgan fingerprint density at radius 3 is 2.77 bits per heavy atom. The lowest BCUT2D eigenvalue weighted by Gasteiger charge is -2.22. The highest BCUT2D eigenvalue weighted by Crippen LogP contribution is 2.21. The molecule has 0 aliphatic carbocycles. The minimum Gasteiger partial charge on any atom is -0.351 e. The van der Waals surface area contributed by atoms with Gasteiger partial charge in [0.25, 0.3) is 11.5 Å². The third-order valence-corrected chi connectivity index (χ3v) is 4.88. The van der Waals surface area contributed by atoms with E-state index in [4.69, 9.17) is 4.52 Å². The lowest BCUT2D eigenvalue weighted by molar-refractivity contribution is 0.0881. The number of thiophene rings is 1. The second-order valence-electron chi connectivity index (χ2n) is 6.37. The maximum Gasteiger partial charge on any atom is 0.290 e. The Hall–Kier alpha value is -2.74. The number of aryl methyl sites for hydroxylation is 1. The normalized spacial score (nSPS) is 12.3. The summed E-state index contributed by atoms with van der Waals surface area (Å²) in [4.78, 5) is 25.6. The average molecular weight is 372 g/mol. The zero-order valence-corrected chi connectivity index (χ0v) is 15.6. The van der Waals surface area contributed by atoms with Crippen molar-refractivity contribution in [3.63, 3.8) is 0 Å².